The predicted octanol–water partition coefficient (Wildman–Crippen LogP) is 0.539. The standard InChI is InChI=1S/C12H25N3O/c1-4-8-15(5-2)10-7-13-11-6-9-14(3)12(11)16/h11,13H,4-10H2,1-3H3. The summed E-state index contributed by atoms with van der Waals surface area (Å²) >= 11 is 0. The van der Waals surface area contributed by atoms with Crippen LogP contribution < -0.4 is 5.32 Å². The van der Waals surface area contributed by atoms with Gasteiger partial charge in [0.15, 0.2) is 0 Å². The van der Waals surface area contributed by atoms with Gasteiger partial charge in [-0.2, -0.15) is 0 Å². The van der Waals surface area contributed by atoms with Crippen molar-refractivity contribution < 1.29 is 4.79 Å². The molecule has 1 fully saturated rings. The molecule has 1 unspecified atom stereocenters. The molecule has 1 N–H and O–H groups in total. The first-order valence-electron chi connectivity index (χ1n) is 6.39. The molecule has 0 aromatic carbocycles. The Morgan fingerprint density at radius 3 is 2.69 bits per heavy atom. The third-order valence-electron chi connectivity index (χ3n) is 3.23. The molecule has 1 heterocycles. The zero-order valence-corrected chi connectivity index (χ0v) is 10.8. The fraction of sp³-hybridized carbons (Fsp3) is 0.917. The highest BCUT2D eigenvalue weighted by Gasteiger charge is 2.28. The molecular formula is C12H25N3O. The van der Waals surface area contributed by atoms with Gasteiger partial charge in [0, 0.05) is 26.7 Å². The summed E-state index contributed by atoms with van der Waals surface area (Å²) < 4.78 is 0. The molecule has 1 aliphatic rings. The smallest absolute Gasteiger partial charge is 0.239 e. The number of nitrogens with one attached hydrogen (secondary N) is 1. The Balaban J connectivity index is 2.17. The molecule has 1 aliphatic heterocycles. The number of amides is 1. The van der Waals surface area contributed by atoms with Crippen molar-refractivity contribution in [1.82, 2.24) is 15.1 Å². The zero-order valence-electron chi connectivity index (χ0n) is 10.8. The Morgan fingerprint density at radius 2 is 2.19 bits per heavy atom. The molecular weight excluding hydrogens is 202 g/mol. The van der Waals surface area contributed by atoms with E-state index >= 15 is 0 Å². The minimum Gasteiger partial charge on any atom is -0.344 e. The van der Waals surface area contributed by atoms with Crippen LogP contribution in [0.2, 0.25) is 0 Å². The Hall–Kier alpha value is -0.610. The van der Waals surface area contributed by atoms with Gasteiger partial charge in [-0.05, 0) is 25.9 Å². The van der Waals surface area contributed by atoms with Crippen LogP contribution in [-0.2, 0) is 4.79 Å². The zero-order chi connectivity index (χ0) is 12.0. The molecule has 1 atom stereocenters. The van der Waals surface area contributed by atoms with Crippen molar-refractivity contribution >= 4 is 5.91 Å². The van der Waals surface area contributed by atoms with Crippen LogP contribution >= 0.6 is 0 Å². The van der Waals surface area contributed by atoms with E-state index < -0.39 is 0 Å². The SMILES string of the molecule is CCCN(CC)CCNC1CCN(C)C1=O. The van der Waals surface area contributed by atoms with Crippen LogP contribution in [0.4, 0.5) is 0 Å². The molecule has 94 valence electrons. The minimum atomic E-state index is 0.0605. The molecule has 0 saturated carbocycles. The first-order valence-corrected chi connectivity index (χ1v) is 6.39. The fourth-order valence-electron chi connectivity index (χ4n) is 2.15. The number of rotatable bonds is 7. The molecule has 1 rings (SSSR count). The van der Waals surface area contributed by atoms with Crippen LogP contribution in [0.15, 0.2) is 0 Å². The molecule has 4 heteroatoms. The molecule has 0 spiro atoms. The monoisotopic (exact) mass is 227 g/mol. The van der Waals surface area contributed by atoms with Gasteiger partial charge in [-0.1, -0.05) is 13.8 Å². The van der Waals surface area contributed by atoms with E-state index in [0.29, 0.717) is 0 Å². The quantitative estimate of drug-likeness (QED) is 0.689. The Morgan fingerprint density at radius 1 is 1.44 bits per heavy atom. The summed E-state index contributed by atoms with van der Waals surface area (Å²) in [5.74, 6) is 0.249. The lowest BCUT2D eigenvalue weighted by Crippen LogP contribution is -2.41. The highest BCUT2D eigenvalue weighted by Crippen LogP contribution is 2.07. The van der Waals surface area contributed by atoms with Gasteiger partial charge >= 0.3 is 0 Å². The normalized spacial score (nSPS) is 21.1. The predicted molar refractivity (Wildman–Crippen MR) is 66.4 cm³/mol. The van der Waals surface area contributed by atoms with E-state index in [0.717, 1.165) is 39.1 Å². The highest BCUT2D eigenvalue weighted by atomic mass is 16.2. The lowest BCUT2D eigenvalue weighted by atomic mass is 10.2. The van der Waals surface area contributed by atoms with Crippen molar-refractivity contribution in [3.05, 3.63) is 0 Å². The Labute approximate surface area is 99.0 Å². The Bertz CT molecular complexity index is 220. The first kappa shape index (κ1) is 13.5. The van der Waals surface area contributed by atoms with Gasteiger partial charge in [0.05, 0.1) is 6.04 Å². The van der Waals surface area contributed by atoms with Crippen LogP contribution in [0, 0.1) is 0 Å². The molecule has 1 amide bonds. The van der Waals surface area contributed by atoms with Crippen molar-refractivity contribution in [2.45, 2.75) is 32.7 Å². The molecule has 0 aromatic rings. The van der Waals surface area contributed by atoms with Crippen molar-refractivity contribution in [3.8, 4) is 0 Å². The van der Waals surface area contributed by atoms with Gasteiger partial charge < -0.3 is 15.1 Å². The first-order chi connectivity index (χ1) is 7.69. The van der Waals surface area contributed by atoms with Crippen LogP contribution in [0.25, 0.3) is 0 Å². The molecule has 0 aliphatic carbocycles. The number of nitrogens with zero attached hydrogens (tertiary/aromatic N) is 2. The number of likely N-dealkylation sites (tertiary alicyclic amines) is 1. The fourth-order valence-corrected chi connectivity index (χ4v) is 2.15. The summed E-state index contributed by atoms with van der Waals surface area (Å²) in [4.78, 5) is 15.8. The molecule has 4 nitrogen and oxygen atoms in total. The highest BCUT2D eigenvalue weighted by molar-refractivity contribution is 5.83. The van der Waals surface area contributed by atoms with Crippen molar-refractivity contribution in [2.24, 2.45) is 0 Å². The number of carbonyl (C=O) groups excluding carboxylic acids is 1. The summed E-state index contributed by atoms with van der Waals surface area (Å²) in [6.45, 7) is 9.47. The molecule has 0 bridgehead atoms. The van der Waals surface area contributed by atoms with E-state index in [9.17, 15) is 4.79 Å². The van der Waals surface area contributed by atoms with Crippen LogP contribution in [-0.4, -0.2) is 61.5 Å². The maximum Gasteiger partial charge on any atom is 0.239 e. The van der Waals surface area contributed by atoms with Gasteiger partial charge in [-0.25, -0.2) is 0 Å². The van der Waals surface area contributed by atoms with Gasteiger partial charge in [0.1, 0.15) is 0 Å². The average molecular weight is 227 g/mol. The third-order valence-corrected chi connectivity index (χ3v) is 3.23. The summed E-state index contributed by atoms with van der Waals surface area (Å²) in [5, 5.41) is 3.35. The second kappa shape index (κ2) is 6.86. The molecule has 0 radical (unpaired) electrons. The van der Waals surface area contributed by atoms with Gasteiger partial charge in [-0.3, -0.25) is 4.79 Å². The number of hydrogen-bond acceptors (Lipinski definition) is 3. The van der Waals surface area contributed by atoms with Gasteiger partial charge in [0.2, 0.25) is 5.91 Å². The van der Waals surface area contributed by atoms with E-state index in [4.69, 9.17) is 0 Å². The summed E-state index contributed by atoms with van der Waals surface area (Å²) in [5.41, 5.74) is 0. The molecule has 1 saturated heterocycles. The van der Waals surface area contributed by atoms with Gasteiger partial charge in [-0.15, -0.1) is 0 Å². The van der Waals surface area contributed by atoms with E-state index in [1.165, 1.54) is 6.42 Å². The van der Waals surface area contributed by atoms with E-state index in [2.05, 4.69) is 24.1 Å². The molecule has 0 aromatic heterocycles. The topological polar surface area (TPSA) is 35.6 Å². The third kappa shape index (κ3) is 3.76. The second-order valence-electron chi connectivity index (χ2n) is 4.49. The van der Waals surface area contributed by atoms with Crippen molar-refractivity contribution in [1.29, 1.82) is 0 Å². The summed E-state index contributed by atoms with van der Waals surface area (Å²) in [6, 6.07) is 0.0605. The average Bonchev–Trinajstić information content (AvgIpc) is 2.59. The van der Waals surface area contributed by atoms with Crippen molar-refractivity contribution in [2.75, 3.05) is 39.8 Å². The van der Waals surface area contributed by atoms with Crippen molar-refractivity contribution in [3.63, 3.8) is 0 Å². The minimum absolute atomic E-state index is 0.0605. The van der Waals surface area contributed by atoms with Crippen LogP contribution in [0.3, 0.4) is 0 Å². The lowest BCUT2D eigenvalue weighted by Gasteiger charge is -2.20. The Kier molecular flexibility index (Phi) is 5.77. The number of carbonyl (C=O) groups is 1. The second-order valence-corrected chi connectivity index (χ2v) is 4.49. The number of hydrogen-bond donors (Lipinski definition) is 1. The largest absolute Gasteiger partial charge is 0.344 e. The van der Waals surface area contributed by atoms with E-state index in [-0.39, 0.29) is 11.9 Å². The van der Waals surface area contributed by atoms with Crippen LogP contribution in [0.1, 0.15) is 26.7 Å². The lowest BCUT2D eigenvalue weighted by molar-refractivity contribution is -0.128. The maximum atomic E-state index is 11.6. The van der Waals surface area contributed by atoms with Crippen LogP contribution in [0.5, 0.6) is 0 Å². The van der Waals surface area contributed by atoms with E-state index in [1.54, 1.807) is 4.90 Å². The summed E-state index contributed by atoms with van der Waals surface area (Å²) in [6.07, 6.45) is 2.15. The van der Waals surface area contributed by atoms with Gasteiger partial charge in [0.25, 0.3) is 0 Å². The number of likely N-dealkylation sites (N-methyl/N-ethyl adjacent to an activating group) is 2. The summed E-state index contributed by atoms with van der Waals surface area (Å²) in [7, 11) is 1.87. The van der Waals surface area contributed by atoms with E-state index in [1.807, 2.05) is 7.05 Å². The maximum absolute atomic E-state index is 11.6. The molecule has 16 heavy (non-hydrogen) atoms.